The van der Waals surface area contributed by atoms with Gasteiger partial charge >= 0.3 is 5.97 Å². The molecular formula is C20H22FNO5. The van der Waals surface area contributed by atoms with Crippen molar-refractivity contribution in [1.82, 2.24) is 5.32 Å². The van der Waals surface area contributed by atoms with Crippen molar-refractivity contribution in [2.24, 2.45) is 5.92 Å². The molecule has 0 saturated carbocycles. The number of benzene rings is 2. The Hall–Kier alpha value is -3.09. The van der Waals surface area contributed by atoms with Gasteiger partial charge in [-0.05, 0) is 48.4 Å². The van der Waals surface area contributed by atoms with E-state index in [4.69, 9.17) is 9.47 Å². The van der Waals surface area contributed by atoms with Crippen LogP contribution < -0.4 is 14.8 Å². The van der Waals surface area contributed by atoms with Gasteiger partial charge in [-0.2, -0.15) is 0 Å². The van der Waals surface area contributed by atoms with Crippen LogP contribution in [0.2, 0.25) is 0 Å². The number of carboxylic acid groups (broad SMARTS) is 1. The van der Waals surface area contributed by atoms with Gasteiger partial charge in [-0.1, -0.05) is 19.1 Å². The number of ether oxygens (including phenoxy) is 2. The predicted octanol–water partition coefficient (Wildman–Crippen LogP) is 2.66. The highest BCUT2D eigenvalue weighted by atomic mass is 19.1. The predicted molar refractivity (Wildman–Crippen MR) is 97.3 cm³/mol. The fraction of sp³-hybridized carbons (Fsp3) is 0.300. The topological polar surface area (TPSA) is 84.9 Å². The van der Waals surface area contributed by atoms with Crippen molar-refractivity contribution in [2.75, 3.05) is 13.7 Å². The summed E-state index contributed by atoms with van der Waals surface area (Å²) in [5, 5.41) is 11.9. The molecule has 2 N–H and O–H groups in total. The summed E-state index contributed by atoms with van der Waals surface area (Å²) in [4.78, 5) is 23.6. The fourth-order valence-corrected chi connectivity index (χ4v) is 2.43. The largest absolute Gasteiger partial charge is 0.497 e. The van der Waals surface area contributed by atoms with Gasteiger partial charge < -0.3 is 19.9 Å². The van der Waals surface area contributed by atoms with Crippen molar-refractivity contribution >= 4 is 11.9 Å². The number of aliphatic carboxylic acids is 1. The van der Waals surface area contributed by atoms with Crippen LogP contribution >= 0.6 is 0 Å². The zero-order valence-electron chi connectivity index (χ0n) is 15.1. The van der Waals surface area contributed by atoms with Crippen molar-refractivity contribution in [2.45, 2.75) is 19.4 Å². The van der Waals surface area contributed by atoms with Crippen LogP contribution in [-0.4, -0.2) is 36.7 Å². The number of methoxy groups -OCH3 is 1. The Kier molecular flexibility index (Phi) is 7.16. The number of halogens is 1. The Morgan fingerprint density at radius 1 is 1.07 bits per heavy atom. The normalized spacial score (nSPS) is 12.7. The average molecular weight is 375 g/mol. The number of carbonyl (C=O) groups is 2. The van der Waals surface area contributed by atoms with E-state index in [1.807, 2.05) is 24.3 Å². The molecule has 144 valence electrons. The van der Waals surface area contributed by atoms with Gasteiger partial charge in [0.15, 0.2) is 0 Å². The van der Waals surface area contributed by atoms with Crippen LogP contribution in [0.15, 0.2) is 48.5 Å². The molecule has 0 spiro atoms. The molecule has 27 heavy (non-hydrogen) atoms. The zero-order valence-corrected chi connectivity index (χ0v) is 15.1. The molecule has 0 aromatic heterocycles. The van der Waals surface area contributed by atoms with E-state index < -0.39 is 17.9 Å². The monoisotopic (exact) mass is 375 g/mol. The number of nitrogens with one attached hydrogen (secondary N) is 1. The number of hydrogen-bond donors (Lipinski definition) is 2. The lowest BCUT2D eigenvalue weighted by molar-refractivity contribution is -0.145. The van der Waals surface area contributed by atoms with Crippen molar-refractivity contribution in [1.29, 1.82) is 0 Å². The minimum atomic E-state index is -1.27. The summed E-state index contributed by atoms with van der Waals surface area (Å²) in [5.74, 6) is -1.35. The molecule has 2 unspecified atom stereocenters. The molecule has 2 aromatic carbocycles. The first kappa shape index (κ1) is 20.2. The Bertz CT molecular complexity index is 761. The quantitative estimate of drug-likeness (QED) is 0.704. The van der Waals surface area contributed by atoms with Crippen molar-refractivity contribution in [3.8, 4) is 11.5 Å². The summed E-state index contributed by atoms with van der Waals surface area (Å²) in [5.41, 5.74) is 0.968. The van der Waals surface area contributed by atoms with E-state index in [-0.39, 0.29) is 24.1 Å². The third kappa shape index (κ3) is 6.29. The van der Waals surface area contributed by atoms with E-state index in [1.54, 1.807) is 14.0 Å². The van der Waals surface area contributed by atoms with Crippen LogP contribution in [0.1, 0.15) is 12.5 Å². The Morgan fingerprint density at radius 2 is 1.67 bits per heavy atom. The molecule has 6 nitrogen and oxygen atoms in total. The molecule has 2 aromatic rings. The summed E-state index contributed by atoms with van der Waals surface area (Å²) in [6, 6.07) is 12.4. The maximum atomic E-state index is 12.9. The lowest BCUT2D eigenvalue weighted by Gasteiger charge is -2.18. The maximum Gasteiger partial charge on any atom is 0.346 e. The first-order chi connectivity index (χ1) is 12.9. The number of carboxylic acids is 1. The van der Waals surface area contributed by atoms with Gasteiger partial charge in [-0.25, -0.2) is 9.18 Å². The number of rotatable bonds is 9. The van der Waals surface area contributed by atoms with Crippen LogP contribution in [0.25, 0.3) is 0 Å². The fourth-order valence-electron chi connectivity index (χ4n) is 2.43. The standard InChI is InChI=1S/C20H22FNO5/c1-13(11-14-3-7-16(26-2)8-4-14)19(23)22-12-18(20(24)25)27-17-9-5-15(21)6-10-17/h3-10,13,18H,11-12H2,1-2H3,(H,22,23)(H,24,25). The molecule has 7 heteroatoms. The molecule has 0 heterocycles. The van der Waals surface area contributed by atoms with E-state index in [0.29, 0.717) is 6.42 Å². The van der Waals surface area contributed by atoms with Crippen molar-refractivity contribution < 1.29 is 28.6 Å². The zero-order chi connectivity index (χ0) is 19.8. The second-order valence-corrected chi connectivity index (χ2v) is 6.10. The van der Waals surface area contributed by atoms with Crippen molar-refractivity contribution in [3.05, 3.63) is 59.9 Å². The van der Waals surface area contributed by atoms with Gasteiger partial charge in [0.2, 0.25) is 12.0 Å². The smallest absolute Gasteiger partial charge is 0.346 e. The molecule has 2 atom stereocenters. The Morgan fingerprint density at radius 3 is 2.22 bits per heavy atom. The summed E-state index contributed by atoms with van der Waals surface area (Å²) >= 11 is 0. The lowest BCUT2D eigenvalue weighted by Crippen LogP contribution is -2.42. The van der Waals surface area contributed by atoms with E-state index in [2.05, 4.69) is 5.32 Å². The van der Waals surface area contributed by atoms with Crippen LogP contribution in [0.5, 0.6) is 11.5 Å². The molecule has 0 aliphatic heterocycles. The van der Waals surface area contributed by atoms with Crippen LogP contribution in [-0.2, 0) is 16.0 Å². The average Bonchev–Trinajstić information content (AvgIpc) is 2.66. The van der Waals surface area contributed by atoms with Gasteiger partial charge in [-0.3, -0.25) is 4.79 Å². The summed E-state index contributed by atoms with van der Waals surface area (Å²) in [6.45, 7) is 1.56. The van der Waals surface area contributed by atoms with Crippen LogP contribution in [0.4, 0.5) is 4.39 Å². The first-order valence-corrected chi connectivity index (χ1v) is 8.44. The Balaban J connectivity index is 1.88. The van der Waals surface area contributed by atoms with E-state index >= 15 is 0 Å². The summed E-state index contributed by atoms with van der Waals surface area (Å²) in [7, 11) is 1.58. The third-order valence-corrected chi connectivity index (χ3v) is 3.98. The van der Waals surface area contributed by atoms with Gasteiger partial charge in [-0.15, -0.1) is 0 Å². The van der Waals surface area contributed by atoms with Gasteiger partial charge in [0.1, 0.15) is 17.3 Å². The molecule has 0 aliphatic rings. The third-order valence-electron chi connectivity index (χ3n) is 3.98. The van der Waals surface area contributed by atoms with Gasteiger partial charge in [0.05, 0.1) is 13.7 Å². The molecule has 0 aliphatic carbocycles. The lowest BCUT2D eigenvalue weighted by atomic mass is 10.0. The molecule has 2 rings (SSSR count). The molecule has 0 saturated heterocycles. The van der Waals surface area contributed by atoms with Crippen LogP contribution in [0.3, 0.4) is 0 Å². The summed E-state index contributed by atoms with van der Waals surface area (Å²) < 4.78 is 23.3. The van der Waals surface area contributed by atoms with Gasteiger partial charge in [0, 0.05) is 5.92 Å². The maximum absolute atomic E-state index is 12.9. The van der Waals surface area contributed by atoms with Crippen LogP contribution in [0, 0.1) is 11.7 Å². The molecule has 0 fully saturated rings. The molecule has 1 amide bonds. The van der Waals surface area contributed by atoms with Crippen molar-refractivity contribution in [3.63, 3.8) is 0 Å². The minimum absolute atomic E-state index is 0.196. The van der Waals surface area contributed by atoms with E-state index in [1.165, 1.54) is 24.3 Å². The number of carbonyl (C=O) groups excluding carboxylic acids is 1. The molecule has 0 radical (unpaired) electrons. The van der Waals surface area contributed by atoms with E-state index in [9.17, 15) is 19.1 Å². The number of hydrogen-bond acceptors (Lipinski definition) is 4. The minimum Gasteiger partial charge on any atom is -0.497 e. The van der Waals surface area contributed by atoms with Gasteiger partial charge in [0.25, 0.3) is 0 Å². The highest BCUT2D eigenvalue weighted by molar-refractivity contribution is 5.80. The SMILES string of the molecule is COc1ccc(CC(C)C(=O)NCC(Oc2ccc(F)cc2)C(=O)O)cc1. The first-order valence-electron chi connectivity index (χ1n) is 8.44. The molecular weight excluding hydrogens is 353 g/mol. The molecule has 0 bridgehead atoms. The summed E-state index contributed by atoms with van der Waals surface area (Å²) in [6.07, 6.45) is -0.764. The highest BCUT2D eigenvalue weighted by Crippen LogP contribution is 2.15. The second-order valence-electron chi connectivity index (χ2n) is 6.10. The highest BCUT2D eigenvalue weighted by Gasteiger charge is 2.22. The Labute approximate surface area is 156 Å². The van der Waals surface area contributed by atoms with E-state index in [0.717, 1.165) is 11.3 Å². The second kappa shape index (κ2) is 9.56. The number of amides is 1.